The van der Waals surface area contributed by atoms with Crippen molar-refractivity contribution in [2.24, 2.45) is 0 Å². The largest absolute Gasteiger partial charge is 0.396 e. The molecule has 0 atom stereocenters. The van der Waals surface area contributed by atoms with Gasteiger partial charge in [-0.2, -0.15) is 0 Å². The van der Waals surface area contributed by atoms with Gasteiger partial charge in [-0.1, -0.05) is 47.1 Å². The molecule has 0 spiro atoms. The average molecular weight is 461 g/mol. The lowest BCUT2D eigenvalue weighted by Crippen LogP contribution is -2.45. The van der Waals surface area contributed by atoms with Gasteiger partial charge in [-0.05, 0) is 48.6 Å². The molecule has 4 rings (SSSR count). The number of rotatable bonds is 5. The first-order chi connectivity index (χ1) is 14.5. The number of nitrogens with zero attached hydrogens (tertiary/aromatic N) is 4. The molecule has 0 saturated heterocycles. The van der Waals surface area contributed by atoms with Crippen LogP contribution in [0.25, 0.3) is 0 Å². The van der Waals surface area contributed by atoms with Crippen LogP contribution >= 0.6 is 35.0 Å². The molecule has 154 valence electrons. The molecule has 0 fully saturated rings. The highest BCUT2D eigenvalue weighted by Crippen LogP contribution is 2.39. The topological polar surface area (TPSA) is 69.6 Å². The van der Waals surface area contributed by atoms with E-state index in [1.165, 1.54) is 11.8 Å². The van der Waals surface area contributed by atoms with Crippen LogP contribution in [0.5, 0.6) is 0 Å². The zero-order chi connectivity index (χ0) is 21.3. The zero-order valence-electron chi connectivity index (χ0n) is 16.0. The van der Waals surface area contributed by atoms with Crippen LogP contribution in [0.15, 0.2) is 53.8 Å². The van der Waals surface area contributed by atoms with Crippen molar-refractivity contribution in [1.29, 1.82) is 0 Å². The third-order valence-corrected chi connectivity index (χ3v) is 5.83. The van der Waals surface area contributed by atoms with Crippen LogP contribution in [0.2, 0.25) is 10.0 Å². The molecule has 3 aromatic rings. The minimum atomic E-state index is -0.279. The summed E-state index contributed by atoms with van der Waals surface area (Å²) < 4.78 is 0. The highest BCUT2D eigenvalue weighted by atomic mass is 35.5. The molecule has 0 saturated carbocycles. The second-order valence-electron chi connectivity index (χ2n) is 6.65. The Morgan fingerprint density at radius 3 is 2.77 bits per heavy atom. The first-order valence-corrected chi connectivity index (χ1v) is 11.2. The Morgan fingerprint density at radius 2 is 2.03 bits per heavy atom. The summed E-state index contributed by atoms with van der Waals surface area (Å²) in [6, 6.07) is 12.3. The van der Waals surface area contributed by atoms with Crippen molar-refractivity contribution in [2.45, 2.75) is 18.1 Å². The first kappa shape index (κ1) is 20.9. The van der Waals surface area contributed by atoms with Crippen LogP contribution in [-0.2, 0) is 13.0 Å². The Balaban J connectivity index is 1.86. The number of halogens is 2. The van der Waals surface area contributed by atoms with Crippen LogP contribution < -0.4 is 9.80 Å². The Labute approximate surface area is 188 Å². The van der Waals surface area contributed by atoms with E-state index in [0.29, 0.717) is 38.8 Å². The second-order valence-corrected chi connectivity index (χ2v) is 8.27. The molecular weight excluding hydrogens is 443 g/mol. The molecule has 6 nitrogen and oxygen atoms in total. The zero-order valence-corrected chi connectivity index (χ0v) is 18.4. The number of anilines is 3. The molecule has 1 aliphatic heterocycles. The monoisotopic (exact) mass is 460 g/mol. The predicted molar refractivity (Wildman–Crippen MR) is 121 cm³/mol. The molecule has 30 heavy (non-hydrogen) atoms. The lowest BCUT2D eigenvalue weighted by molar-refractivity contribution is 0.252. The summed E-state index contributed by atoms with van der Waals surface area (Å²) in [6.07, 6.45) is 4.12. The molecule has 9 heteroatoms. The van der Waals surface area contributed by atoms with Crippen molar-refractivity contribution >= 4 is 58.2 Å². The third-order valence-electron chi connectivity index (χ3n) is 4.73. The molecule has 1 aromatic heterocycles. The lowest BCUT2D eigenvalue weighted by atomic mass is 10.1. The quantitative estimate of drug-likeness (QED) is 0.412. The summed E-state index contributed by atoms with van der Waals surface area (Å²) in [7, 11) is 0. The van der Waals surface area contributed by atoms with Gasteiger partial charge >= 0.3 is 6.03 Å². The molecule has 0 unspecified atom stereocenters. The van der Waals surface area contributed by atoms with Gasteiger partial charge in [-0.25, -0.2) is 19.7 Å². The van der Waals surface area contributed by atoms with Crippen molar-refractivity contribution in [3.8, 4) is 0 Å². The Bertz CT molecular complexity index is 1110. The molecule has 0 aliphatic carbocycles. The van der Waals surface area contributed by atoms with Crippen molar-refractivity contribution < 1.29 is 9.90 Å². The third kappa shape index (κ3) is 3.98. The van der Waals surface area contributed by atoms with Crippen molar-refractivity contribution in [3.05, 3.63) is 69.8 Å². The van der Waals surface area contributed by atoms with E-state index in [1.54, 1.807) is 34.2 Å². The maximum Gasteiger partial charge on any atom is 0.335 e. The molecule has 1 N–H and O–H groups in total. The summed E-state index contributed by atoms with van der Waals surface area (Å²) in [6.45, 7) is 0.316. The second kappa shape index (κ2) is 8.81. The summed E-state index contributed by atoms with van der Waals surface area (Å²) in [5, 5.41) is 10.8. The number of amides is 2. The minimum absolute atomic E-state index is 0.0271. The number of aliphatic hydroxyl groups is 1. The van der Waals surface area contributed by atoms with Gasteiger partial charge in [0.2, 0.25) is 0 Å². The minimum Gasteiger partial charge on any atom is -0.396 e. The number of carbonyl (C=O) groups is 1. The Kier molecular flexibility index (Phi) is 6.15. The number of aromatic nitrogens is 2. The Hall–Kier alpha value is -2.32. The van der Waals surface area contributed by atoms with Gasteiger partial charge < -0.3 is 5.11 Å². The number of hydrogen-bond acceptors (Lipinski definition) is 5. The summed E-state index contributed by atoms with van der Waals surface area (Å²) in [4.78, 5) is 25.8. The van der Waals surface area contributed by atoms with Gasteiger partial charge in [0.05, 0.1) is 22.9 Å². The highest BCUT2D eigenvalue weighted by molar-refractivity contribution is 7.98. The number of benzene rings is 2. The summed E-state index contributed by atoms with van der Waals surface area (Å²) in [5.41, 5.74) is 2.94. The van der Waals surface area contributed by atoms with Crippen LogP contribution in [0.1, 0.15) is 11.1 Å². The van der Waals surface area contributed by atoms with Gasteiger partial charge in [0.1, 0.15) is 0 Å². The molecule has 1 aliphatic rings. The lowest BCUT2D eigenvalue weighted by Gasteiger charge is -2.36. The van der Waals surface area contributed by atoms with Crippen LogP contribution in [0, 0.1) is 0 Å². The van der Waals surface area contributed by atoms with Crippen molar-refractivity contribution in [3.63, 3.8) is 0 Å². The van der Waals surface area contributed by atoms with Crippen molar-refractivity contribution in [1.82, 2.24) is 9.97 Å². The first-order valence-electron chi connectivity index (χ1n) is 9.18. The standard InChI is InChI=1S/C21H18Cl2N4O2S/c1-30-20-24-11-14-12-26(18-6-5-15(22)10-17(18)23)21(29)27(19(14)25-20)16-4-2-3-13(9-16)7-8-28/h2-6,9-11,28H,7-8,12H2,1H3. The fourth-order valence-electron chi connectivity index (χ4n) is 3.34. The van der Waals surface area contributed by atoms with Gasteiger partial charge in [0, 0.05) is 23.4 Å². The average Bonchev–Trinajstić information content (AvgIpc) is 2.74. The molecule has 0 radical (unpaired) electrons. The van der Waals surface area contributed by atoms with Gasteiger partial charge in [0.25, 0.3) is 0 Å². The van der Waals surface area contributed by atoms with E-state index in [2.05, 4.69) is 9.97 Å². The summed E-state index contributed by atoms with van der Waals surface area (Å²) in [5.74, 6) is 0.543. The molecule has 2 heterocycles. The maximum atomic E-state index is 13.6. The van der Waals surface area contributed by atoms with E-state index in [9.17, 15) is 9.90 Å². The maximum absolute atomic E-state index is 13.6. The van der Waals surface area contributed by atoms with Gasteiger partial charge in [-0.15, -0.1) is 0 Å². The van der Waals surface area contributed by atoms with Crippen molar-refractivity contribution in [2.75, 3.05) is 22.7 Å². The SMILES string of the molecule is CSc1ncc2c(n1)N(c1cccc(CCO)c1)C(=O)N(c1ccc(Cl)cc1Cl)C2. The fraction of sp³-hybridized carbons (Fsp3) is 0.190. The summed E-state index contributed by atoms with van der Waals surface area (Å²) >= 11 is 13.9. The van der Waals surface area contributed by atoms with Crippen LogP contribution in [0.3, 0.4) is 0 Å². The van der Waals surface area contributed by atoms with E-state index in [1.807, 2.05) is 30.5 Å². The molecule has 2 amide bonds. The van der Waals surface area contributed by atoms with Crippen LogP contribution in [-0.4, -0.2) is 34.0 Å². The predicted octanol–water partition coefficient (Wildman–Crippen LogP) is 5.32. The fourth-order valence-corrected chi connectivity index (χ4v) is 4.18. The number of fused-ring (bicyclic) bond motifs is 1. The van der Waals surface area contributed by atoms with E-state index in [0.717, 1.165) is 11.1 Å². The van der Waals surface area contributed by atoms with E-state index < -0.39 is 0 Å². The van der Waals surface area contributed by atoms with E-state index in [-0.39, 0.29) is 19.2 Å². The molecular formula is C21H18Cl2N4O2S. The molecule has 2 aromatic carbocycles. The normalized spacial score (nSPS) is 13.5. The van der Waals surface area contributed by atoms with E-state index >= 15 is 0 Å². The number of hydrogen-bond donors (Lipinski definition) is 1. The van der Waals surface area contributed by atoms with E-state index in [4.69, 9.17) is 23.2 Å². The number of aliphatic hydroxyl groups excluding tert-OH is 1. The molecule has 0 bridgehead atoms. The number of urea groups is 1. The van der Waals surface area contributed by atoms with Crippen LogP contribution in [0.4, 0.5) is 22.0 Å². The van der Waals surface area contributed by atoms with Gasteiger partial charge in [0.15, 0.2) is 11.0 Å². The van der Waals surface area contributed by atoms with Gasteiger partial charge in [-0.3, -0.25) is 4.90 Å². The smallest absolute Gasteiger partial charge is 0.335 e. The highest BCUT2D eigenvalue weighted by Gasteiger charge is 2.35. The number of thioether (sulfide) groups is 1. The Morgan fingerprint density at radius 1 is 1.20 bits per heavy atom. The number of carbonyl (C=O) groups excluding carboxylic acids is 1.